The van der Waals surface area contributed by atoms with Gasteiger partial charge in [-0.15, -0.1) is 0 Å². The first kappa shape index (κ1) is 20.6. The number of hydrogen-bond donors (Lipinski definition) is 2. The fourth-order valence-electron chi connectivity index (χ4n) is 3.46. The number of likely N-dealkylation sites (tertiary alicyclic amines) is 1. The molecule has 3 rings (SSSR count). The minimum atomic E-state index is -0.265. The van der Waals surface area contributed by atoms with Crippen molar-refractivity contribution >= 4 is 17.6 Å². The molecule has 1 aromatic heterocycles. The van der Waals surface area contributed by atoms with E-state index in [4.69, 9.17) is 10.5 Å². The second kappa shape index (κ2) is 8.11. The minimum absolute atomic E-state index is 0.0678. The Morgan fingerprint density at radius 2 is 2.00 bits per heavy atom. The lowest BCUT2D eigenvalue weighted by molar-refractivity contribution is -0.129. The van der Waals surface area contributed by atoms with Crippen LogP contribution in [-0.4, -0.2) is 47.9 Å². The van der Waals surface area contributed by atoms with E-state index in [1.165, 1.54) is 11.8 Å². The molecule has 1 fully saturated rings. The minimum Gasteiger partial charge on any atom is -0.484 e. The number of aryl methyl sites for hydroxylation is 1. The number of ether oxygens (including phenoxy) is 1. The molecule has 2 amide bonds. The van der Waals surface area contributed by atoms with Crippen molar-refractivity contribution in [2.24, 2.45) is 5.41 Å². The van der Waals surface area contributed by atoms with Crippen LogP contribution in [0.4, 0.5) is 5.82 Å². The Morgan fingerprint density at radius 3 is 2.66 bits per heavy atom. The highest BCUT2D eigenvalue weighted by Crippen LogP contribution is 2.35. The van der Waals surface area contributed by atoms with Crippen LogP contribution in [0, 0.1) is 12.3 Å². The number of pyridine rings is 1. The summed E-state index contributed by atoms with van der Waals surface area (Å²) in [6, 6.07) is 9.58. The molecule has 1 atom stereocenters. The van der Waals surface area contributed by atoms with Gasteiger partial charge >= 0.3 is 0 Å². The number of nitrogens with one attached hydrogen (secondary N) is 1. The van der Waals surface area contributed by atoms with Gasteiger partial charge in [0, 0.05) is 25.2 Å². The molecule has 3 N–H and O–H groups in total. The molecule has 0 radical (unpaired) electrons. The first-order chi connectivity index (χ1) is 13.7. The zero-order valence-electron chi connectivity index (χ0n) is 17.4. The predicted octanol–water partition coefficient (Wildman–Crippen LogP) is 2.19. The summed E-state index contributed by atoms with van der Waals surface area (Å²) in [4.78, 5) is 30.6. The molecule has 0 saturated carbocycles. The average molecular weight is 396 g/mol. The summed E-state index contributed by atoms with van der Waals surface area (Å²) in [6.07, 6.45) is 1.52. The summed E-state index contributed by atoms with van der Waals surface area (Å²) in [5.41, 5.74) is 8.23. The van der Waals surface area contributed by atoms with Crippen molar-refractivity contribution in [3.05, 3.63) is 53.2 Å². The van der Waals surface area contributed by atoms with Gasteiger partial charge in [0.25, 0.3) is 5.91 Å². The van der Waals surface area contributed by atoms with E-state index in [1.807, 2.05) is 36.1 Å². The smallest absolute Gasteiger partial charge is 0.252 e. The molecule has 0 unspecified atom stereocenters. The fourth-order valence-corrected chi connectivity index (χ4v) is 3.46. The molecule has 154 valence electrons. The SMILES string of the molecule is CNC(=O)c1cnc(N)c(O[C@H]2CN(C(=O)Cc3ccc(C)cc3)CC2(C)C)c1. The Hall–Kier alpha value is -3.09. The van der Waals surface area contributed by atoms with Crippen LogP contribution < -0.4 is 15.8 Å². The highest BCUT2D eigenvalue weighted by atomic mass is 16.5. The lowest BCUT2D eigenvalue weighted by atomic mass is 9.90. The molecule has 1 saturated heterocycles. The van der Waals surface area contributed by atoms with Crippen molar-refractivity contribution in [1.82, 2.24) is 15.2 Å². The third-order valence-corrected chi connectivity index (χ3v) is 5.33. The van der Waals surface area contributed by atoms with Gasteiger partial charge in [-0.2, -0.15) is 0 Å². The summed E-state index contributed by atoms with van der Waals surface area (Å²) in [7, 11) is 1.55. The molecular formula is C22H28N4O3. The van der Waals surface area contributed by atoms with Gasteiger partial charge in [-0.25, -0.2) is 4.98 Å². The maximum absolute atomic E-state index is 12.8. The molecule has 0 aliphatic carbocycles. The highest BCUT2D eigenvalue weighted by Gasteiger charge is 2.43. The van der Waals surface area contributed by atoms with Crippen molar-refractivity contribution in [3.8, 4) is 5.75 Å². The Morgan fingerprint density at radius 1 is 1.31 bits per heavy atom. The third kappa shape index (κ3) is 4.67. The van der Waals surface area contributed by atoms with E-state index in [2.05, 4.69) is 24.1 Å². The Labute approximate surface area is 171 Å². The van der Waals surface area contributed by atoms with Gasteiger partial charge in [-0.1, -0.05) is 43.7 Å². The zero-order chi connectivity index (χ0) is 21.2. The van der Waals surface area contributed by atoms with Crippen molar-refractivity contribution in [2.45, 2.75) is 33.3 Å². The second-order valence-electron chi connectivity index (χ2n) is 8.22. The maximum Gasteiger partial charge on any atom is 0.252 e. The topological polar surface area (TPSA) is 97.6 Å². The second-order valence-corrected chi connectivity index (χ2v) is 8.22. The van der Waals surface area contributed by atoms with Crippen LogP contribution in [0.5, 0.6) is 5.75 Å². The molecule has 7 heteroatoms. The quantitative estimate of drug-likeness (QED) is 0.807. The molecule has 1 aliphatic heterocycles. The lowest BCUT2D eigenvalue weighted by Crippen LogP contribution is -2.33. The number of amides is 2. The molecule has 1 aromatic carbocycles. The van der Waals surface area contributed by atoms with Crippen LogP contribution in [0.25, 0.3) is 0 Å². The number of rotatable bonds is 5. The number of anilines is 1. The molecule has 7 nitrogen and oxygen atoms in total. The van der Waals surface area contributed by atoms with Crippen LogP contribution in [0.3, 0.4) is 0 Å². The number of carbonyl (C=O) groups excluding carboxylic acids is 2. The van der Waals surface area contributed by atoms with Gasteiger partial charge in [0.15, 0.2) is 11.6 Å². The van der Waals surface area contributed by atoms with Crippen LogP contribution in [0.2, 0.25) is 0 Å². The van der Waals surface area contributed by atoms with E-state index in [0.717, 1.165) is 5.56 Å². The maximum atomic E-state index is 12.8. The largest absolute Gasteiger partial charge is 0.484 e. The molecular weight excluding hydrogens is 368 g/mol. The summed E-state index contributed by atoms with van der Waals surface area (Å²) < 4.78 is 6.14. The third-order valence-electron chi connectivity index (χ3n) is 5.33. The molecule has 2 heterocycles. The lowest BCUT2D eigenvalue weighted by Gasteiger charge is -2.26. The van der Waals surface area contributed by atoms with Crippen molar-refractivity contribution in [1.29, 1.82) is 0 Å². The van der Waals surface area contributed by atoms with Crippen molar-refractivity contribution < 1.29 is 14.3 Å². The van der Waals surface area contributed by atoms with E-state index in [0.29, 0.717) is 30.8 Å². The van der Waals surface area contributed by atoms with Crippen LogP contribution >= 0.6 is 0 Å². The van der Waals surface area contributed by atoms with Crippen LogP contribution in [0.15, 0.2) is 36.5 Å². The number of hydrogen-bond acceptors (Lipinski definition) is 5. The zero-order valence-corrected chi connectivity index (χ0v) is 17.4. The summed E-state index contributed by atoms with van der Waals surface area (Å²) in [5.74, 6) is 0.385. The molecule has 1 aliphatic rings. The van der Waals surface area contributed by atoms with Gasteiger partial charge < -0.3 is 20.7 Å². The van der Waals surface area contributed by atoms with Gasteiger partial charge in [-0.05, 0) is 18.6 Å². The first-order valence-corrected chi connectivity index (χ1v) is 9.67. The van der Waals surface area contributed by atoms with Gasteiger partial charge in [0.2, 0.25) is 5.91 Å². The Balaban J connectivity index is 1.72. The predicted molar refractivity (Wildman–Crippen MR) is 112 cm³/mol. The number of nitrogen functional groups attached to an aromatic ring is 1. The van der Waals surface area contributed by atoms with E-state index < -0.39 is 0 Å². The Kier molecular flexibility index (Phi) is 5.77. The number of nitrogens with zero attached hydrogens (tertiary/aromatic N) is 2. The summed E-state index contributed by atoms with van der Waals surface area (Å²) in [6.45, 7) is 7.19. The number of carbonyl (C=O) groups is 2. The molecule has 2 aromatic rings. The summed E-state index contributed by atoms with van der Waals surface area (Å²) >= 11 is 0. The van der Waals surface area contributed by atoms with Crippen molar-refractivity contribution in [2.75, 3.05) is 25.9 Å². The Bertz CT molecular complexity index is 909. The molecule has 29 heavy (non-hydrogen) atoms. The van der Waals surface area contributed by atoms with E-state index in [9.17, 15) is 9.59 Å². The fraction of sp³-hybridized carbons (Fsp3) is 0.409. The molecule has 0 bridgehead atoms. The van der Waals surface area contributed by atoms with Gasteiger partial charge in [-0.3, -0.25) is 9.59 Å². The van der Waals surface area contributed by atoms with E-state index in [1.54, 1.807) is 13.1 Å². The highest BCUT2D eigenvalue weighted by molar-refractivity contribution is 5.94. The average Bonchev–Trinajstić information content (AvgIpc) is 2.99. The van der Waals surface area contributed by atoms with Crippen LogP contribution in [-0.2, 0) is 11.2 Å². The monoisotopic (exact) mass is 396 g/mol. The van der Waals surface area contributed by atoms with E-state index >= 15 is 0 Å². The standard InChI is InChI=1S/C22H28N4O3/c1-14-5-7-15(8-6-14)9-19(27)26-12-18(22(2,3)13-26)29-17-10-16(21(28)24-4)11-25-20(17)23/h5-8,10-11,18H,9,12-13H2,1-4H3,(H2,23,25)(H,24,28)/t18-/m0/s1. The molecule has 0 spiro atoms. The van der Waals surface area contributed by atoms with Crippen molar-refractivity contribution in [3.63, 3.8) is 0 Å². The first-order valence-electron chi connectivity index (χ1n) is 9.67. The number of aromatic nitrogens is 1. The number of benzene rings is 1. The number of nitrogens with two attached hydrogens (primary N) is 1. The summed E-state index contributed by atoms with van der Waals surface area (Å²) in [5, 5.41) is 2.56. The van der Waals surface area contributed by atoms with E-state index in [-0.39, 0.29) is 29.2 Å². The van der Waals surface area contributed by atoms with Gasteiger partial charge in [0.1, 0.15) is 6.10 Å². The van der Waals surface area contributed by atoms with Gasteiger partial charge in [0.05, 0.1) is 18.5 Å². The normalized spacial score (nSPS) is 17.8. The van der Waals surface area contributed by atoms with Crippen LogP contribution in [0.1, 0.15) is 35.3 Å².